The molecule has 0 bridgehead atoms. The molecule has 0 aromatic rings. The topological polar surface area (TPSA) is 28.0 Å². The number of hydrogen-bond acceptors (Lipinski definition) is 3. The summed E-state index contributed by atoms with van der Waals surface area (Å²) in [5.74, 6) is 1.39. The van der Waals surface area contributed by atoms with Crippen LogP contribution in [-0.4, -0.2) is 30.6 Å². The second-order valence-electron chi connectivity index (χ2n) is 5.32. The van der Waals surface area contributed by atoms with Crippen molar-refractivity contribution in [2.45, 2.75) is 38.6 Å². The van der Waals surface area contributed by atoms with E-state index in [2.05, 4.69) is 28.1 Å². The Balaban J connectivity index is 1.82. The van der Waals surface area contributed by atoms with Gasteiger partial charge in [0.1, 0.15) is 0 Å². The third-order valence-electron chi connectivity index (χ3n) is 4.19. The number of azo groups is 1. The summed E-state index contributed by atoms with van der Waals surface area (Å²) >= 11 is 0. The zero-order chi connectivity index (χ0) is 11.0. The van der Waals surface area contributed by atoms with Gasteiger partial charge in [-0.25, -0.2) is 0 Å². The number of piperidine rings is 1. The van der Waals surface area contributed by atoms with Crippen LogP contribution in [0.25, 0.3) is 0 Å². The van der Waals surface area contributed by atoms with E-state index in [4.69, 9.17) is 0 Å². The summed E-state index contributed by atoms with van der Waals surface area (Å²) in [7, 11) is 0. The minimum atomic E-state index is 0.510. The maximum absolute atomic E-state index is 4.38. The van der Waals surface area contributed by atoms with Crippen molar-refractivity contribution in [3.05, 3.63) is 11.8 Å². The van der Waals surface area contributed by atoms with E-state index >= 15 is 0 Å². The molecule has 0 radical (unpaired) electrons. The van der Waals surface area contributed by atoms with Crippen LogP contribution >= 0.6 is 0 Å². The van der Waals surface area contributed by atoms with E-state index < -0.39 is 0 Å². The van der Waals surface area contributed by atoms with Gasteiger partial charge in [-0.05, 0) is 25.7 Å². The zero-order valence-electron chi connectivity index (χ0n) is 10.1. The third kappa shape index (κ3) is 1.66. The Morgan fingerprint density at radius 1 is 1.50 bits per heavy atom. The Bertz CT molecular complexity index is 319. The molecule has 0 saturated carbocycles. The summed E-state index contributed by atoms with van der Waals surface area (Å²) in [6.45, 7) is 5.70. The number of allylic oxidation sites excluding steroid dienone is 1. The van der Waals surface area contributed by atoms with Gasteiger partial charge >= 0.3 is 0 Å². The second-order valence-corrected chi connectivity index (χ2v) is 5.32. The predicted molar refractivity (Wildman–Crippen MR) is 64.3 cm³/mol. The van der Waals surface area contributed by atoms with Gasteiger partial charge in [0.25, 0.3) is 0 Å². The van der Waals surface area contributed by atoms with Crippen molar-refractivity contribution < 1.29 is 0 Å². The fraction of sp³-hybridized carbons (Fsp3) is 0.846. The number of nitrogens with zero attached hydrogens (tertiary/aromatic N) is 3. The highest BCUT2D eigenvalue weighted by Crippen LogP contribution is 2.40. The van der Waals surface area contributed by atoms with E-state index in [-0.39, 0.29) is 0 Å². The van der Waals surface area contributed by atoms with Crippen molar-refractivity contribution in [2.24, 2.45) is 22.1 Å². The molecule has 16 heavy (non-hydrogen) atoms. The molecule has 2 aliphatic heterocycles. The molecule has 3 nitrogen and oxygen atoms in total. The lowest BCUT2D eigenvalue weighted by Crippen LogP contribution is -2.39. The maximum Gasteiger partial charge on any atom is 0.0796 e. The van der Waals surface area contributed by atoms with Crippen LogP contribution in [0, 0.1) is 11.8 Å². The van der Waals surface area contributed by atoms with Gasteiger partial charge in [0.2, 0.25) is 0 Å². The van der Waals surface area contributed by atoms with Crippen LogP contribution < -0.4 is 0 Å². The maximum atomic E-state index is 4.38. The van der Waals surface area contributed by atoms with Gasteiger partial charge in [0.05, 0.1) is 12.6 Å². The van der Waals surface area contributed by atoms with Crippen molar-refractivity contribution >= 4 is 0 Å². The monoisotopic (exact) mass is 219 g/mol. The Labute approximate surface area is 97.6 Å². The second kappa shape index (κ2) is 4.19. The molecule has 1 saturated heterocycles. The van der Waals surface area contributed by atoms with Crippen LogP contribution in [0.2, 0.25) is 0 Å². The lowest BCUT2D eigenvalue weighted by molar-refractivity contribution is 0.208. The van der Waals surface area contributed by atoms with E-state index in [1.807, 2.05) is 0 Å². The Hall–Kier alpha value is -0.860. The molecule has 3 heteroatoms. The summed E-state index contributed by atoms with van der Waals surface area (Å²) in [5, 5.41) is 8.60. The Morgan fingerprint density at radius 2 is 2.44 bits per heavy atom. The van der Waals surface area contributed by atoms with Crippen LogP contribution in [0.4, 0.5) is 0 Å². The summed E-state index contributed by atoms with van der Waals surface area (Å²) in [6.07, 6.45) is 7.72. The average molecular weight is 219 g/mol. The number of hydrogen-bond donors (Lipinski definition) is 0. The lowest BCUT2D eigenvalue weighted by Gasteiger charge is -2.41. The molecule has 0 amide bonds. The Morgan fingerprint density at radius 3 is 3.31 bits per heavy atom. The summed E-state index contributed by atoms with van der Waals surface area (Å²) in [6, 6.07) is 0.510. The molecule has 3 aliphatic rings. The zero-order valence-corrected chi connectivity index (χ0v) is 10.1. The predicted octanol–water partition coefficient (Wildman–Crippen LogP) is 2.85. The van der Waals surface area contributed by atoms with Crippen molar-refractivity contribution in [2.75, 3.05) is 19.6 Å². The van der Waals surface area contributed by atoms with E-state index in [0.717, 1.165) is 12.5 Å². The molecule has 2 heterocycles. The number of rotatable bonds is 2. The van der Waals surface area contributed by atoms with Gasteiger partial charge < -0.3 is 4.90 Å². The summed E-state index contributed by atoms with van der Waals surface area (Å²) in [5.41, 5.74) is 1.63. The smallest absolute Gasteiger partial charge is 0.0796 e. The molecule has 3 unspecified atom stereocenters. The standard InChI is InChI=1S/C13H21N3/c1-2-5-16-6-3-4-10-7-12-11(8-13(10)16)9-14-15-12/h8,10-12H,2-7,9H2,1H3. The summed E-state index contributed by atoms with van der Waals surface area (Å²) in [4.78, 5) is 2.61. The largest absolute Gasteiger partial charge is 0.375 e. The molecule has 0 aromatic heterocycles. The van der Waals surface area contributed by atoms with Crippen LogP contribution in [0.15, 0.2) is 22.0 Å². The van der Waals surface area contributed by atoms with Gasteiger partial charge in [0.15, 0.2) is 0 Å². The highest BCUT2D eigenvalue weighted by molar-refractivity contribution is 5.18. The fourth-order valence-electron chi connectivity index (χ4n) is 3.40. The first-order valence-corrected chi connectivity index (χ1v) is 6.71. The molecular formula is C13H21N3. The number of fused-ring (bicyclic) bond motifs is 2. The molecule has 0 spiro atoms. The molecule has 0 N–H and O–H groups in total. The van der Waals surface area contributed by atoms with Gasteiger partial charge in [0, 0.05) is 30.6 Å². The first-order valence-electron chi connectivity index (χ1n) is 6.71. The quantitative estimate of drug-likeness (QED) is 0.702. The molecule has 3 atom stereocenters. The van der Waals surface area contributed by atoms with Crippen molar-refractivity contribution in [3.8, 4) is 0 Å². The van der Waals surface area contributed by atoms with E-state index in [9.17, 15) is 0 Å². The molecule has 1 fully saturated rings. The molecule has 1 aliphatic carbocycles. The normalized spacial score (nSPS) is 36.9. The lowest BCUT2D eigenvalue weighted by atomic mass is 9.78. The summed E-state index contributed by atoms with van der Waals surface area (Å²) < 4.78 is 0. The van der Waals surface area contributed by atoms with Crippen molar-refractivity contribution in [3.63, 3.8) is 0 Å². The molecule has 0 aromatic carbocycles. The van der Waals surface area contributed by atoms with Crippen LogP contribution in [0.3, 0.4) is 0 Å². The van der Waals surface area contributed by atoms with Crippen molar-refractivity contribution in [1.82, 2.24) is 4.90 Å². The van der Waals surface area contributed by atoms with Gasteiger partial charge in [-0.1, -0.05) is 13.0 Å². The highest BCUT2D eigenvalue weighted by atomic mass is 15.2. The van der Waals surface area contributed by atoms with Crippen LogP contribution in [-0.2, 0) is 0 Å². The van der Waals surface area contributed by atoms with Crippen LogP contribution in [0.5, 0.6) is 0 Å². The first-order chi connectivity index (χ1) is 7.88. The number of likely N-dealkylation sites (tertiary alicyclic amines) is 1. The molecule has 3 rings (SSSR count). The average Bonchev–Trinajstić information content (AvgIpc) is 2.74. The SMILES string of the molecule is CCCN1CCCC2CC3N=NCC3C=C21. The first kappa shape index (κ1) is 10.3. The van der Waals surface area contributed by atoms with Crippen molar-refractivity contribution in [1.29, 1.82) is 0 Å². The van der Waals surface area contributed by atoms with Gasteiger partial charge in [-0.15, -0.1) is 0 Å². The van der Waals surface area contributed by atoms with E-state index in [1.165, 1.54) is 38.8 Å². The molecule has 88 valence electrons. The minimum Gasteiger partial charge on any atom is -0.375 e. The van der Waals surface area contributed by atoms with Crippen LogP contribution in [0.1, 0.15) is 32.6 Å². The molecular weight excluding hydrogens is 198 g/mol. The Kier molecular flexibility index (Phi) is 2.70. The third-order valence-corrected chi connectivity index (χ3v) is 4.19. The van der Waals surface area contributed by atoms with Gasteiger partial charge in [-0.2, -0.15) is 10.2 Å². The van der Waals surface area contributed by atoms with E-state index in [0.29, 0.717) is 12.0 Å². The fourth-order valence-corrected chi connectivity index (χ4v) is 3.40. The minimum absolute atomic E-state index is 0.510. The highest BCUT2D eigenvalue weighted by Gasteiger charge is 2.36. The van der Waals surface area contributed by atoms with E-state index in [1.54, 1.807) is 5.70 Å². The van der Waals surface area contributed by atoms with Gasteiger partial charge in [-0.3, -0.25) is 0 Å².